The van der Waals surface area contributed by atoms with Crippen LogP contribution < -0.4 is 5.73 Å². The quantitative estimate of drug-likeness (QED) is 0.654. The van der Waals surface area contributed by atoms with Crippen LogP contribution in [0.15, 0.2) is 54.7 Å². The molecule has 1 amide bonds. The SMILES string of the molecule is NC(=O)C1CCN(C(=S)c2cn(Cc3ccccc3Cl)c3ccccc23)CC1. The third kappa shape index (κ3) is 3.64. The van der Waals surface area contributed by atoms with E-state index in [9.17, 15) is 4.79 Å². The summed E-state index contributed by atoms with van der Waals surface area (Å²) in [5.74, 6) is -0.248. The first-order valence-electron chi connectivity index (χ1n) is 9.44. The Morgan fingerprint density at radius 2 is 1.79 bits per heavy atom. The third-order valence-electron chi connectivity index (χ3n) is 5.50. The molecule has 0 radical (unpaired) electrons. The zero-order valence-corrected chi connectivity index (χ0v) is 17.0. The molecule has 2 heterocycles. The number of nitrogens with two attached hydrogens (primary N) is 1. The number of aromatic nitrogens is 1. The van der Waals surface area contributed by atoms with E-state index >= 15 is 0 Å². The maximum Gasteiger partial charge on any atom is 0.220 e. The molecular formula is C22H22ClN3OS. The fraction of sp³-hybridized carbons (Fsp3) is 0.273. The largest absolute Gasteiger partial charge is 0.369 e. The summed E-state index contributed by atoms with van der Waals surface area (Å²) in [6.07, 6.45) is 3.64. The van der Waals surface area contributed by atoms with Crippen LogP contribution in [0.1, 0.15) is 24.0 Å². The van der Waals surface area contributed by atoms with Gasteiger partial charge in [0.15, 0.2) is 0 Å². The first kappa shape index (κ1) is 19.0. The molecule has 0 atom stereocenters. The van der Waals surface area contributed by atoms with Gasteiger partial charge in [0.25, 0.3) is 0 Å². The van der Waals surface area contributed by atoms with Crippen LogP contribution >= 0.6 is 23.8 Å². The van der Waals surface area contributed by atoms with E-state index in [0.717, 1.165) is 58.0 Å². The Hall–Kier alpha value is -2.37. The Bertz CT molecular complexity index is 1040. The molecule has 1 aliphatic heterocycles. The first-order chi connectivity index (χ1) is 13.5. The second-order valence-electron chi connectivity index (χ2n) is 7.25. The van der Waals surface area contributed by atoms with Crippen molar-refractivity contribution in [1.29, 1.82) is 0 Å². The number of para-hydroxylation sites is 1. The summed E-state index contributed by atoms with van der Waals surface area (Å²) in [6, 6.07) is 16.2. The normalized spacial score (nSPS) is 15.1. The Balaban J connectivity index is 1.64. The van der Waals surface area contributed by atoms with Crippen LogP contribution in [0.3, 0.4) is 0 Å². The number of thiocarbonyl (C=S) groups is 1. The maximum atomic E-state index is 11.4. The van der Waals surface area contributed by atoms with Gasteiger partial charge in [0.1, 0.15) is 4.99 Å². The highest BCUT2D eigenvalue weighted by Gasteiger charge is 2.26. The molecular weight excluding hydrogens is 390 g/mol. The van der Waals surface area contributed by atoms with Crippen molar-refractivity contribution in [3.63, 3.8) is 0 Å². The van der Waals surface area contributed by atoms with E-state index in [4.69, 9.17) is 29.6 Å². The summed E-state index contributed by atoms with van der Waals surface area (Å²) in [5, 5.41) is 1.90. The topological polar surface area (TPSA) is 51.3 Å². The van der Waals surface area contributed by atoms with E-state index in [1.807, 2.05) is 36.4 Å². The van der Waals surface area contributed by atoms with Gasteiger partial charge in [-0.15, -0.1) is 0 Å². The van der Waals surface area contributed by atoms with Crippen molar-refractivity contribution in [2.45, 2.75) is 19.4 Å². The molecule has 0 unspecified atom stereocenters. The van der Waals surface area contributed by atoms with Gasteiger partial charge in [-0.25, -0.2) is 0 Å². The molecule has 6 heteroatoms. The number of piperidine rings is 1. The molecule has 144 valence electrons. The summed E-state index contributed by atoms with van der Waals surface area (Å²) < 4.78 is 2.20. The van der Waals surface area contributed by atoms with Crippen LogP contribution in [-0.4, -0.2) is 33.5 Å². The number of hydrogen-bond donors (Lipinski definition) is 1. The number of hydrogen-bond acceptors (Lipinski definition) is 2. The molecule has 4 nitrogen and oxygen atoms in total. The number of amides is 1. The molecule has 0 saturated carbocycles. The van der Waals surface area contributed by atoms with Crippen LogP contribution in [0, 0.1) is 5.92 Å². The Labute approximate surface area is 174 Å². The smallest absolute Gasteiger partial charge is 0.220 e. The van der Waals surface area contributed by atoms with Crippen LogP contribution in [-0.2, 0) is 11.3 Å². The third-order valence-corrected chi connectivity index (χ3v) is 6.35. The zero-order chi connectivity index (χ0) is 19.7. The average molecular weight is 412 g/mol. The van der Waals surface area contributed by atoms with Crippen molar-refractivity contribution >= 4 is 45.6 Å². The molecule has 2 aromatic carbocycles. The molecule has 1 saturated heterocycles. The van der Waals surface area contributed by atoms with Crippen LogP contribution in [0.4, 0.5) is 0 Å². The number of nitrogens with zero attached hydrogens (tertiary/aromatic N) is 2. The number of fused-ring (bicyclic) bond motifs is 1. The lowest BCUT2D eigenvalue weighted by Crippen LogP contribution is -2.41. The van der Waals surface area contributed by atoms with Crippen molar-refractivity contribution in [3.05, 3.63) is 70.9 Å². The molecule has 1 fully saturated rings. The van der Waals surface area contributed by atoms with Crippen molar-refractivity contribution in [2.24, 2.45) is 11.7 Å². The summed E-state index contributed by atoms with van der Waals surface area (Å²) in [4.78, 5) is 14.5. The Kier molecular flexibility index (Phi) is 5.38. The summed E-state index contributed by atoms with van der Waals surface area (Å²) in [6.45, 7) is 2.21. The molecule has 3 aromatic rings. The van der Waals surface area contributed by atoms with Gasteiger partial charge in [-0.05, 0) is 30.5 Å². The van der Waals surface area contributed by atoms with Gasteiger partial charge in [-0.1, -0.05) is 60.2 Å². The summed E-state index contributed by atoms with van der Waals surface area (Å²) in [7, 11) is 0. The number of benzene rings is 2. The Morgan fingerprint density at radius 1 is 1.11 bits per heavy atom. The van der Waals surface area contributed by atoms with Gasteiger partial charge in [0.05, 0.1) is 0 Å². The second kappa shape index (κ2) is 7.94. The van der Waals surface area contributed by atoms with Crippen molar-refractivity contribution in [2.75, 3.05) is 13.1 Å². The molecule has 1 aromatic heterocycles. The molecule has 4 rings (SSSR count). The number of likely N-dealkylation sites (tertiary alicyclic amines) is 1. The number of carbonyl (C=O) groups excluding carboxylic acids is 1. The maximum absolute atomic E-state index is 11.4. The van der Waals surface area contributed by atoms with Gasteiger partial charge in [-0.2, -0.15) is 0 Å². The lowest BCUT2D eigenvalue weighted by atomic mass is 9.96. The highest BCUT2D eigenvalue weighted by Crippen LogP contribution is 2.27. The monoisotopic (exact) mass is 411 g/mol. The van der Waals surface area contributed by atoms with Gasteiger partial charge in [0.2, 0.25) is 5.91 Å². The molecule has 0 aliphatic carbocycles. The predicted octanol–water partition coefficient (Wildman–Crippen LogP) is 4.22. The fourth-order valence-corrected chi connectivity index (χ4v) is 4.44. The Morgan fingerprint density at radius 3 is 2.50 bits per heavy atom. The molecule has 0 bridgehead atoms. The van der Waals surface area contributed by atoms with Gasteiger partial charge in [-0.3, -0.25) is 4.79 Å². The van der Waals surface area contributed by atoms with Gasteiger partial charge < -0.3 is 15.2 Å². The van der Waals surface area contributed by atoms with E-state index in [2.05, 4.69) is 27.8 Å². The fourth-order valence-electron chi connectivity index (χ4n) is 3.90. The van der Waals surface area contributed by atoms with E-state index in [0.29, 0.717) is 6.54 Å². The highest BCUT2D eigenvalue weighted by atomic mass is 35.5. The van der Waals surface area contributed by atoms with Crippen LogP contribution in [0.2, 0.25) is 5.02 Å². The molecule has 2 N–H and O–H groups in total. The van der Waals surface area contributed by atoms with E-state index in [1.54, 1.807) is 0 Å². The summed E-state index contributed by atoms with van der Waals surface area (Å²) >= 11 is 12.2. The zero-order valence-electron chi connectivity index (χ0n) is 15.5. The number of halogens is 1. The minimum absolute atomic E-state index is 0.0411. The summed E-state index contributed by atoms with van der Waals surface area (Å²) in [5.41, 5.74) is 8.71. The first-order valence-corrected chi connectivity index (χ1v) is 10.2. The average Bonchev–Trinajstić information content (AvgIpc) is 3.08. The van der Waals surface area contributed by atoms with Crippen molar-refractivity contribution in [1.82, 2.24) is 9.47 Å². The second-order valence-corrected chi connectivity index (χ2v) is 8.04. The predicted molar refractivity (Wildman–Crippen MR) is 118 cm³/mol. The minimum atomic E-state index is -0.207. The number of rotatable bonds is 4. The standard InChI is InChI=1S/C22H22ClN3OS/c23-19-7-3-1-5-16(19)13-26-14-18(17-6-2-4-8-20(17)26)22(28)25-11-9-15(10-12-25)21(24)27/h1-8,14-15H,9-13H2,(H2,24,27). The van der Waals surface area contributed by atoms with Crippen LogP contribution in [0.25, 0.3) is 10.9 Å². The van der Waals surface area contributed by atoms with E-state index in [1.165, 1.54) is 0 Å². The number of carbonyl (C=O) groups is 1. The van der Waals surface area contributed by atoms with Gasteiger partial charge in [0, 0.05) is 53.2 Å². The van der Waals surface area contributed by atoms with E-state index < -0.39 is 0 Å². The van der Waals surface area contributed by atoms with Gasteiger partial charge >= 0.3 is 0 Å². The molecule has 28 heavy (non-hydrogen) atoms. The minimum Gasteiger partial charge on any atom is -0.369 e. The molecule has 1 aliphatic rings. The van der Waals surface area contributed by atoms with Crippen LogP contribution in [0.5, 0.6) is 0 Å². The highest BCUT2D eigenvalue weighted by molar-refractivity contribution is 7.80. The van der Waals surface area contributed by atoms with E-state index in [-0.39, 0.29) is 11.8 Å². The lowest BCUT2D eigenvalue weighted by Gasteiger charge is -2.32. The lowest BCUT2D eigenvalue weighted by molar-refractivity contribution is -0.122. The van der Waals surface area contributed by atoms with Crippen molar-refractivity contribution < 1.29 is 4.79 Å². The van der Waals surface area contributed by atoms with Crippen molar-refractivity contribution in [3.8, 4) is 0 Å². The number of primary amides is 1. The molecule has 0 spiro atoms.